The average Bonchev–Trinajstić information content (AvgIpc) is 2.83. The van der Waals surface area contributed by atoms with Crippen LogP contribution in [0, 0.1) is 39.9 Å². The lowest BCUT2D eigenvalue weighted by Gasteiger charge is -2.57. The van der Waals surface area contributed by atoms with Crippen molar-refractivity contribution in [1.82, 2.24) is 0 Å². The van der Waals surface area contributed by atoms with E-state index in [4.69, 9.17) is 0 Å². The van der Waals surface area contributed by atoms with Gasteiger partial charge in [0.1, 0.15) is 5.76 Å². The van der Waals surface area contributed by atoms with Crippen LogP contribution in [-0.2, 0) is 0 Å². The number of rotatable bonds is 0. The number of hydrogen-bond donors (Lipinski definition) is 2. The molecule has 2 N–H and O–H groups in total. The van der Waals surface area contributed by atoms with Gasteiger partial charge in [0.2, 0.25) is 0 Å². The van der Waals surface area contributed by atoms with Gasteiger partial charge in [0, 0.05) is 0 Å². The highest BCUT2D eigenvalue weighted by atomic mass is 16.3. The Kier molecular flexibility index (Phi) is 3.23. The molecule has 0 aromatic rings. The fourth-order valence-corrected chi connectivity index (χ4v) is 6.59. The van der Waals surface area contributed by atoms with E-state index >= 15 is 0 Å². The molecule has 6 atom stereocenters. The summed E-state index contributed by atoms with van der Waals surface area (Å²) >= 11 is 0. The molecule has 0 aliphatic heterocycles. The molecule has 0 aromatic carbocycles. The molecule has 0 aromatic heterocycles. The lowest BCUT2D eigenvalue weighted by molar-refractivity contribution is -0.0708. The fourth-order valence-electron chi connectivity index (χ4n) is 6.59. The zero-order valence-electron chi connectivity index (χ0n) is 14.2. The van der Waals surface area contributed by atoms with Crippen LogP contribution in [0.3, 0.4) is 0 Å². The van der Waals surface area contributed by atoms with Gasteiger partial charge in [0.25, 0.3) is 0 Å². The molecule has 0 radical (unpaired) electrons. The lowest BCUT2D eigenvalue weighted by Crippen LogP contribution is -2.51. The van der Waals surface area contributed by atoms with Crippen LogP contribution in [-0.4, -0.2) is 16.3 Å². The predicted octanol–water partition coefficient (Wildman–Crippen LogP) is 4.26. The van der Waals surface area contributed by atoms with Crippen molar-refractivity contribution in [3.63, 3.8) is 0 Å². The van der Waals surface area contributed by atoms with Crippen LogP contribution in [0.4, 0.5) is 0 Å². The number of fused-ring (bicyclic) bond motifs is 5. The molecule has 3 heteroatoms. The third-order valence-electron chi connectivity index (χ3n) is 7.99. The number of nitrogens with zero attached hydrogens (tertiary/aromatic N) is 1. The molecule has 4 aliphatic rings. The standard InChI is InChI=1S/C20H27NO2/c1-19-8-7-16-14(15(19)5-6-18(19)23)4-3-13-9-17(22)12(11-21)10-20(13,16)2/h9,14-16,18,22-23H,3-8,10H2,1-2H3/t14-,15-,16-,18-,19-,20-/m0/s1. The van der Waals surface area contributed by atoms with Crippen molar-refractivity contribution in [2.45, 2.75) is 64.9 Å². The van der Waals surface area contributed by atoms with Gasteiger partial charge in [-0.1, -0.05) is 19.4 Å². The summed E-state index contributed by atoms with van der Waals surface area (Å²) in [5, 5.41) is 29.9. The Morgan fingerprint density at radius 2 is 1.96 bits per heavy atom. The minimum atomic E-state index is -0.136. The van der Waals surface area contributed by atoms with Crippen molar-refractivity contribution in [1.29, 1.82) is 5.26 Å². The first-order valence-electron chi connectivity index (χ1n) is 9.11. The van der Waals surface area contributed by atoms with Crippen molar-refractivity contribution >= 4 is 0 Å². The highest BCUT2D eigenvalue weighted by Gasteiger charge is 2.58. The highest BCUT2D eigenvalue weighted by Crippen LogP contribution is 2.65. The van der Waals surface area contributed by atoms with Gasteiger partial charge in [-0.25, -0.2) is 0 Å². The predicted molar refractivity (Wildman–Crippen MR) is 88.4 cm³/mol. The first-order chi connectivity index (χ1) is 10.9. The van der Waals surface area contributed by atoms with Crippen LogP contribution in [0.1, 0.15) is 58.8 Å². The van der Waals surface area contributed by atoms with Crippen molar-refractivity contribution in [3.05, 3.63) is 23.0 Å². The molecule has 4 rings (SSSR count). The van der Waals surface area contributed by atoms with Crippen LogP contribution in [0.15, 0.2) is 23.0 Å². The van der Waals surface area contributed by atoms with Crippen LogP contribution in [0.5, 0.6) is 0 Å². The highest BCUT2D eigenvalue weighted by molar-refractivity contribution is 5.42. The Balaban J connectivity index is 1.70. The third kappa shape index (κ3) is 1.91. The van der Waals surface area contributed by atoms with Gasteiger partial charge in [-0.2, -0.15) is 5.26 Å². The summed E-state index contributed by atoms with van der Waals surface area (Å²) < 4.78 is 0. The van der Waals surface area contributed by atoms with Crippen molar-refractivity contribution < 1.29 is 10.2 Å². The lowest BCUT2D eigenvalue weighted by atomic mass is 9.47. The van der Waals surface area contributed by atoms with E-state index in [9.17, 15) is 15.5 Å². The Morgan fingerprint density at radius 3 is 2.70 bits per heavy atom. The van der Waals surface area contributed by atoms with Gasteiger partial charge in [0.15, 0.2) is 0 Å². The number of aliphatic hydroxyl groups is 2. The topological polar surface area (TPSA) is 64.2 Å². The summed E-state index contributed by atoms with van der Waals surface area (Å²) in [6.07, 6.45) is 8.99. The van der Waals surface area contributed by atoms with Gasteiger partial charge in [-0.05, 0) is 79.6 Å². The number of allylic oxidation sites excluding steroid dienone is 3. The van der Waals surface area contributed by atoms with E-state index < -0.39 is 0 Å². The van der Waals surface area contributed by atoms with Crippen molar-refractivity contribution in [3.8, 4) is 6.07 Å². The quantitative estimate of drug-likeness (QED) is 0.702. The molecule has 0 spiro atoms. The van der Waals surface area contributed by atoms with Gasteiger partial charge >= 0.3 is 0 Å². The molecule has 0 amide bonds. The molecular formula is C20H27NO2. The first-order valence-corrected chi connectivity index (χ1v) is 9.11. The molecule has 3 fully saturated rings. The summed E-state index contributed by atoms with van der Waals surface area (Å²) in [5.74, 6) is 2.06. The van der Waals surface area contributed by atoms with Crippen molar-refractivity contribution in [2.24, 2.45) is 28.6 Å². The largest absolute Gasteiger partial charge is 0.507 e. The number of hydrogen-bond acceptors (Lipinski definition) is 3. The average molecular weight is 313 g/mol. The van der Waals surface area contributed by atoms with Crippen LogP contribution < -0.4 is 0 Å². The number of nitriles is 1. The monoisotopic (exact) mass is 313 g/mol. The van der Waals surface area contributed by atoms with E-state index in [0.717, 1.165) is 32.1 Å². The fraction of sp³-hybridized carbons (Fsp3) is 0.750. The van der Waals surface area contributed by atoms with E-state index in [2.05, 4.69) is 19.9 Å². The molecule has 3 nitrogen and oxygen atoms in total. The normalized spacial score (nSPS) is 48.9. The molecular weight excluding hydrogens is 286 g/mol. The van der Waals surface area contributed by atoms with E-state index in [1.54, 1.807) is 0 Å². The molecule has 23 heavy (non-hydrogen) atoms. The van der Waals surface area contributed by atoms with E-state index in [1.165, 1.54) is 12.0 Å². The summed E-state index contributed by atoms with van der Waals surface area (Å²) in [6, 6.07) is 2.21. The zero-order valence-corrected chi connectivity index (χ0v) is 14.2. The van der Waals surface area contributed by atoms with Gasteiger partial charge in [0.05, 0.1) is 17.7 Å². The molecule has 124 valence electrons. The van der Waals surface area contributed by atoms with Crippen molar-refractivity contribution in [2.75, 3.05) is 0 Å². The van der Waals surface area contributed by atoms with Gasteiger partial charge < -0.3 is 10.2 Å². The van der Waals surface area contributed by atoms with Crippen LogP contribution in [0.25, 0.3) is 0 Å². The molecule has 0 bridgehead atoms. The smallest absolute Gasteiger partial charge is 0.129 e. The second-order valence-corrected chi connectivity index (χ2v) is 8.79. The van der Waals surface area contributed by atoms with Gasteiger partial charge in [-0.3, -0.25) is 0 Å². The SMILES string of the molecule is C[C@]12CC[C@H]3[C@@H](CCC4=CC(O)=C(C#N)C[C@@]43C)[C@@H]1CC[C@@H]2O. The van der Waals surface area contributed by atoms with E-state index in [1.807, 2.05) is 6.08 Å². The first kappa shape index (κ1) is 15.3. The minimum absolute atomic E-state index is 0.0229. The summed E-state index contributed by atoms with van der Waals surface area (Å²) in [6.45, 7) is 4.61. The maximum Gasteiger partial charge on any atom is 0.129 e. The maximum atomic E-state index is 10.5. The second kappa shape index (κ2) is 4.86. The third-order valence-corrected chi connectivity index (χ3v) is 7.99. The Hall–Kier alpha value is -1.27. The molecule has 0 unspecified atom stereocenters. The van der Waals surface area contributed by atoms with Crippen LogP contribution >= 0.6 is 0 Å². The zero-order chi connectivity index (χ0) is 16.4. The Bertz CT molecular complexity index is 643. The second-order valence-electron chi connectivity index (χ2n) is 8.79. The van der Waals surface area contributed by atoms with Gasteiger partial charge in [-0.15, -0.1) is 0 Å². The number of aliphatic hydroxyl groups excluding tert-OH is 2. The Labute approximate surface area is 138 Å². The molecule has 0 saturated heterocycles. The maximum absolute atomic E-state index is 10.5. The van der Waals surface area contributed by atoms with E-state index in [-0.39, 0.29) is 22.7 Å². The Morgan fingerprint density at radius 1 is 1.17 bits per heavy atom. The molecule has 4 aliphatic carbocycles. The molecule has 3 saturated carbocycles. The summed E-state index contributed by atoms with van der Waals surface area (Å²) in [5.41, 5.74) is 2.02. The molecule has 0 heterocycles. The summed E-state index contributed by atoms with van der Waals surface area (Å²) in [7, 11) is 0. The minimum Gasteiger partial charge on any atom is -0.507 e. The summed E-state index contributed by atoms with van der Waals surface area (Å²) in [4.78, 5) is 0. The van der Waals surface area contributed by atoms with Crippen LogP contribution in [0.2, 0.25) is 0 Å². The van der Waals surface area contributed by atoms with E-state index in [0.29, 0.717) is 29.7 Å².